The van der Waals surface area contributed by atoms with Crippen LogP contribution in [0.3, 0.4) is 0 Å². The van der Waals surface area contributed by atoms with Crippen LogP contribution in [0, 0.1) is 11.3 Å². The molecule has 0 heterocycles. The van der Waals surface area contributed by atoms with Crippen LogP contribution < -0.4 is 28.1 Å². The van der Waals surface area contributed by atoms with Gasteiger partial charge in [-0.05, 0) is 0 Å². The van der Waals surface area contributed by atoms with Crippen molar-refractivity contribution in [3.05, 3.63) is 74.6 Å². The molecule has 0 saturated carbocycles. The summed E-state index contributed by atoms with van der Waals surface area (Å²) in [6.45, 7) is 14.2. The minimum Gasteiger partial charge on any atom is -1.00 e. The second-order valence-electron chi connectivity index (χ2n) is 9.30. The van der Waals surface area contributed by atoms with Crippen LogP contribution in [-0.4, -0.2) is 3.21 Å². The summed E-state index contributed by atoms with van der Waals surface area (Å²) in [6.07, 6.45) is 6.21. The predicted octanol–water partition coefficient (Wildman–Crippen LogP) is 0.228. The van der Waals surface area contributed by atoms with Gasteiger partial charge in [0.05, 0.1) is 0 Å². The molecule has 0 aliphatic heterocycles. The molecule has 0 spiro atoms. The zero-order chi connectivity index (χ0) is 19.3. The average molecular weight is 505 g/mol. The molecule has 2 aromatic rings. The Labute approximate surface area is 196 Å². The first-order chi connectivity index (χ1) is 12.8. The van der Waals surface area contributed by atoms with Gasteiger partial charge in [-0.2, -0.15) is 0 Å². The van der Waals surface area contributed by atoms with Gasteiger partial charge in [0, 0.05) is 0 Å². The van der Waals surface area contributed by atoms with Crippen molar-refractivity contribution in [1.29, 1.82) is 0 Å². The maximum absolute atomic E-state index is 2.58. The molecular weight excluding hydrogens is 474 g/mol. The molecule has 29 heavy (non-hydrogen) atoms. The second-order valence-corrected chi connectivity index (χ2v) is 16.3. The molecule has 0 radical (unpaired) electrons. The maximum atomic E-state index is 2.58. The van der Waals surface area contributed by atoms with Gasteiger partial charge in [0.2, 0.25) is 0 Å². The SMILES string of the molecule is C[C](C)=[Zr+2]([C]1=CC(C(C)(C)C)=CC1C)[c]1cccc2c1Cc1ccccc1-2.[Cl-].[Cl-]. The third-order valence-electron chi connectivity index (χ3n) is 6.01. The molecule has 0 N–H and O–H groups in total. The maximum Gasteiger partial charge on any atom is -1.00 e. The molecule has 0 fully saturated rings. The fraction of sp³-hybridized carbons (Fsp3) is 0.346. The summed E-state index contributed by atoms with van der Waals surface area (Å²) in [5.74, 6) is 0.586. The topological polar surface area (TPSA) is 0 Å². The van der Waals surface area contributed by atoms with E-state index in [1.807, 2.05) is 0 Å². The number of rotatable bonds is 2. The third-order valence-corrected chi connectivity index (χ3v) is 13.8. The fourth-order valence-corrected chi connectivity index (χ4v) is 12.1. The zero-order valence-corrected chi connectivity index (χ0v) is 22.2. The van der Waals surface area contributed by atoms with Gasteiger partial charge in [0.1, 0.15) is 0 Å². The Morgan fingerprint density at radius 1 is 0.931 bits per heavy atom. The molecule has 1 atom stereocenters. The van der Waals surface area contributed by atoms with E-state index in [9.17, 15) is 0 Å². The van der Waals surface area contributed by atoms with Gasteiger partial charge < -0.3 is 24.8 Å². The Morgan fingerprint density at radius 3 is 2.21 bits per heavy atom. The van der Waals surface area contributed by atoms with Gasteiger partial charge in [-0.25, -0.2) is 0 Å². The van der Waals surface area contributed by atoms with Crippen LogP contribution in [0.2, 0.25) is 0 Å². The molecule has 1 unspecified atom stereocenters. The van der Waals surface area contributed by atoms with E-state index in [-0.39, 0.29) is 30.2 Å². The Morgan fingerprint density at radius 2 is 1.59 bits per heavy atom. The molecule has 4 rings (SSSR count). The number of hydrogen-bond acceptors (Lipinski definition) is 0. The van der Waals surface area contributed by atoms with Crippen LogP contribution in [0.1, 0.15) is 52.7 Å². The Hall–Kier alpha value is -0.747. The third kappa shape index (κ3) is 4.48. The predicted molar refractivity (Wildman–Crippen MR) is 115 cm³/mol. The van der Waals surface area contributed by atoms with Crippen LogP contribution in [0.25, 0.3) is 11.1 Å². The van der Waals surface area contributed by atoms with Crippen molar-refractivity contribution in [3.8, 4) is 11.1 Å². The molecule has 3 heteroatoms. The van der Waals surface area contributed by atoms with Crippen LogP contribution in [-0.2, 0) is 27.7 Å². The van der Waals surface area contributed by atoms with E-state index in [0.29, 0.717) is 5.92 Å². The molecule has 0 amide bonds. The normalized spacial score (nSPS) is 16.4. The van der Waals surface area contributed by atoms with Crippen LogP contribution in [0.4, 0.5) is 0 Å². The molecule has 2 aliphatic carbocycles. The summed E-state index contributed by atoms with van der Waals surface area (Å²) in [7, 11) is 0. The number of halogens is 2. The summed E-state index contributed by atoms with van der Waals surface area (Å²) in [4.78, 5) is 0. The molecule has 0 nitrogen and oxygen atoms in total. The van der Waals surface area contributed by atoms with Crippen molar-refractivity contribution < 1.29 is 46.1 Å². The van der Waals surface area contributed by atoms with Crippen LogP contribution in [0.5, 0.6) is 0 Å². The van der Waals surface area contributed by atoms with E-state index >= 15 is 0 Å². The Balaban J connectivity index is 0.00000150. The van der Waals surface area contributed by atoms with E-state index in [2.05, 4.69) is 96.2 Å². The van der Waals surface area contributed by atoms with Gasteiger partial charge in [0.25, 0.3) is 0 Å². The van der Waals surface area contributed by atoms with E-state index < -0.39 is 21.3 Å². The van der Waals surface area contributed by atoms with Gasteiger partial charge in [-0.3, -0.25) is 0 Å². The Bertz CT molecular complexity index is 1020. The molecule has 2 aromatic carbocycles. The minimum atomic E-state index is -2.06. The van der Waals surface area contributed by atoms with Crippen molar-refractivity contribution in [2.24, 2.45) is 11.3 Å². The minimum absolute atomic E-state index is 0. The zero-order valence-electron chi connectivity index (χ0n) is 18.2. The summed E-state index contributed by atoms with van der Waals surface area (Å²) < 4.78 is 5.14. The number of allylic oxidation sites excluding steroid dienone is 4. The fourth-order valence-electron chi connectivity index (χ4n) is 4.58. The largest absolute Gasteiger partial charge is 1.00 e. The van der Waals surface area contributed by atoms with Crippen molar-refractivity contribution in [3.63, 3.8) is 0 Å². The van der Waals surface area contributed by atoms with E-state index in [0.717, 1.165) is 6.42 Å². The summed E-state index contributed by atoms with van der Waals surface area (Å²) in [5.41, 5.74) is 7.82. The number of hydrogen-bond donors (Lipinski definition) is 0. The first-order valence-corrected chi connectivity index (χ1v) is 13.8. The summed E-state index contributed by atoms with van der Waals surface area (Å²) in [5, 5.41) is 0. The molecule has 2 aliphatic rings. The summed E-state index contributed by atoms with van der Waals surface area (Å²) >= 11 is -2.06. The second kappa shape index (κ2) is 9.17. The van der Waals surface area contributed by atoms with Gasteiger partial charge in [0.15, 0.2) is 0 Å². The molecule has 152 valence electrons. The number of fused-ring (bicyclic) bond motifs is 3. The van der Waals surface area contributed by atoms with Gasteiger partial charge in [-0.15, -0.1) is 0 Å². The van der Waals surface area contributed by atoms with E-state index in [1.165, 1.54) is 22.3 Å². The Kier molecular flexibility index (Phi) is 7.76. The first-order valence-electron chi connectivity index (χ1n) is 10.1. The van der Waals surface area contributed by atoms with Crippen molar-refractivity contribution >= 4 is 6.48 Å². The smallest absolute Gasteiger partial charge is 1.00 e. The van der Waals surface area contributed by atoms with Crippen molar-refractivity contribution in [2.45, 2.75) is 48.0 Å². The first kappa shape index (κ1) is 24.5. The van der Waals surface area contributed by atoms with Gasteiger partial charge >= 0.3 is 173 Å². The average Bonchev–Trinajstić information content (AvgIpc) is 3.16. The standard InChI is InChI=1S/C13H9.C10H15.C3H6.2ClH.Zr/c1-3-7-12-10(5-1)9-11-6-2-4-8-13(11)12;1-8-5-6-9(7-8)10(2,3)4;1-3-2;;;/h1-5,7-8H,9H2;6-8H,1-4H3;1-2H3;2*1H;/q;;;;;+2/p-2. The van der Waals surface area contributed by atoms with Crippen molar-refractivity contribution in [2.75, 3.05) is 0 Å². The molecular formula is C26H30Cl2Zr. The van der Waals surface area contributed by atoms with Gasteiger partial charge in [-0.1, -0.05) is 0 Å². The molecule has 0 aromatic heterocycles. The van der Waals surface area contributed by atoms with E-state index in [1.54, 1.807) is 15.3 Å². The number of benzene rings is 2. The quantitative estimate of drug-likeness (QED) is 0.469. The monoisotopic (exact) mass is 502 g/mol. The van der Waals surface area contributed by atoms with Crippen molar-refractivity contribution in [1.82, 2.24) is 0 Å². The molecule has 0 bridgehead atoms. The van der Waals surface area contributed by atoms with Crippen LogP contribution in [0.15, 0.2) is 63.5 Å². The van der Waals surface area contributed by atoms with E-state index in [4.69, 9.17) is 0 Å². The molecule has 0 saturated heterocycles. The van der Waals surface area contributed by atoms with Crippen LogP contribution >= 0.6 is 0 Å². The summed E-state index contributed by atoms with van der Waals surface area (Å²) in [6, 6.07) is 16.1.